The van der Waals surface area contributed by atoms with Gasteiger partial charge in [-0.15, -0.1) is 0 Å². The molecular formula is C15H26N4. The normalized spacial score (nSPS) is 29.4. The van der Waals surface area contributed by atoms with Crippen LogP contribution in [0.1, 0.15) is 43.8 Å². The Balaban J connectivity index is 1.77. The van der Waals surface area contributed by atoms with Gasteiger partial charge in [-0.3, -0.25) is 9.58 Å². The Bertz CT molecular complexity index is 410. The fraction of sp³-hybridized carbons (Fsp3) is 0.800. The van der Waals surface area contributed by atoms with Gasteiger partial charge in [-0.2, -0.15) is 5.10 Å². The van der Waals surface area contributed by atoms with Crippen molar-refractivity contribution >= 4 is 0 Å². The molecule has 2 atom stereocenters. The number of nitrogens with one attached hydrogen (secondary N) is 1. The predicted molar refractivity (Wildman–Crippen MR) is 76.9 cm³/mol. The average Bonchev–Trinajstić information content (AvgIpc) is 3.16. The van der Waals surface area contributed by atoms with E-state index in [1.165, 1.54) is 44.3 Å². The lowest BCUT2D eigenvalue weighted by atomic mass is 9.92. The van der Waals surface area contributed by atoms with Gasteiger partial charge in [-0.05, 0) is 51.3 Å². The summed E-state index contributed by atoms with van der Waals surface area (Å²) in [7, 11) is 4.34. The summed E-state index contributed by atoms with van der Waals surface area (Å²) in [5, 5.41) is 8.10. The number of rotatable bonds is 4. The highest BCUT2D eigenvalue weighted by atomic mass is 15.3. The highest BCUT2D eigenvalue weighted by Gasteiger charge is 2.32. The topological polar surface area (TPSA) is 33.1 Å². The summed E-state index contributed by atoms with van der Waals surface area (Å²) in [6.07, 6.45) is 8.69. The third-order valence-electron chi connectivity index (χ3n) is 4.67. The van der Waals surface area contributed by atoms with Crippen molar-refractivity contribution in [1.29, 1.82) is 0 Å². The van der Waals surface area contributed by atoms with E-state index in [2.05, 4.69) is 40.2 Å². The van der Waals surface area contributed by atoms with Crippen LogP contribution in [0.5, 0.6) is 0 Å². The molecule has 2 unspecified atom stereocenters. The quantitative estimate of drug-likeness (QED) is 0.900. The van der Waals surface area contributed by atoms with E-state index >= 15 is 0 Å². The van der Waals surface area contributed by atoms with Crippen LogP contribution >= 0.6 is 0 Å². The molecule has 106 valence electrons. The van der Waals surface area contributed by atoms with Gasteiger partial charge in [0.25, 0.3) is 0 Å². The highest BCUT2D eigenvalue weighted by Crippen LogP contribution is 2.34. The molecule has 1 aliphatic carbocycles. The van der Waals surface area contributed by atoms with E-state index in [1.54, 1.807) is 0 Å². The first-order valence-corrected chi connectivity index (χ1v) is 7.67. The molecule has 1 aromatic heterocycles. The Labute approximate surface area is 116 Å². The molecule has 2 aliphatic rings. The molecule has 4 heteroatoms. The highest BCUT2D eigenvalue weighted by molar-refractivity contribution is 5.09. The van der Waals surface area contributed by atoms with Crippen LogP contribution in [0.4, 0.5) is 0 Å². The minimum Gasteiger partial charge on any atom is -0.314 e. The zero-order chi connectivity index (χ0) is 13.2. The molecule has 0 amide bonds. The Morgan fingerprint density at radius 2 is 2.11 bits per heavy atom. The average molecular weight is 262 g/mol. The lowest BCUT2D eigenvalue weighted by Gasteiger charge is -2.32. The monoisotopic (exact) mass is 262 g/mol. The largest absolute Gasteiger partial charge is 0.314 e. The maximum Gasteiger partial charge on any atom is 0.0555 e. The second kappa shape index (κ2) is 5.63. The van der Waals surface area contributed by atoms with E-state index in [0.29, 0.717) is 12.0 Å². The lowest BCUT2D eigenvalue weighted by molar-refractivity contribution is 0.180. The molecule has 19 heavy (non-hydrogen) atoms. The van der Waals surface area contributed by atoms with Gasteiger partial charge >= 0.3 is 0 Å². The number of hydrogen-bond acceptors (Lipinski definition) is 3. The van der Waals surface area contributed by atoms with Crippen molar-refractivity contribution in [2.75, 3.05) is 20.1 Å². The number of likely N-dealkylation sites (tertiary alicyclic amines) is 1. The molecule has 1 N–H and O–H groups in total. The fourth-order valence-electron chi connectivity index (χ4n) is 3.39. The van der Waals surface area contributed by atoms with Crippen molar-refractivity contribution in [3.8, 4) is 0 Å². The second-order valence-corrected chi connectivity index (χ2v) is 6.24. The van der Waals surface area contributed by atoms with E-state index in [1.807, 2.05) is 6.20 Å². The molecule has 3 rings (SSSR count). The summed E-state index contributed by atoms with van der Waals surface area (Å²) in [5.41, 5.74) is 1.37. The number of aromatic nitrogens is 2. The molecule has 0 bridgehead atoms. The molecule has 1 saturated carbocycles. The van der Waals surface area contributed by atoms with E-state index in [0.717, 1.165) is 12.6 Å². The van der Waals surface area contributed by atoms with Crippen LogP contribution in [-0.2, 0) is 7.05 Å². The fourth-order valence-corrected chi connectivity index (χ4v) is 3.39. The predicted octanol–water partition coefficient (Wildman–Crippen LogP) is 1.95. The maximum atomic E-state index is 4.37. The molecule has 1 aliphatic heterocycles. The standard InChI is InChI=1S/C15H26N4/c1-18-10-4-3-5-12(11-16-13-6-7-13)15(18)14-8-9-17-19(14)2/h8-9,12-13,15-16H,3-7,10-11H2,1-2H3. The Kier molecular flexibility index (Phi) is 3.89. The van der Waals surface area contributed by atoms with Crippen molar-refractivity contribution in [2.24, 2.45) is 13.0 Å². The van der Waals surface area contributed by atoms with Gasteiger partial charge in [-0.1, -0.05) is 6.42 Å². The van der Waals surface area contributed by atoms with E-state index in [-0.39, 0.29) is 0 Å². The minimum absolute atomic E-state index is 0.515. The molecule has 1 aromatic rings. The van der Waals surface area contributed by atoms with Gasteiger partial charge in [0, 0.05) is 25.8 Å². The first-order chi connectivity index (χ1) is 9.25. The van der Waals surface area contributed by atoms with Gasteiger partial charge < -0.3 is 5.32 Å². The first kappa shape index (κ1) is 13.1. The Morgan fingerprint density at radius 3 is 2.79 bits per heavy atom. The molecule has 0 radical (unpaired) electrons. The summed E-state index contributed by atoms with van der Waals surface area (Å²) in [6, 6.07) is 3.51. The van der Waals surface area contributed by atoms with Gasteiger partial charge in [0.05, 0.1) is 11.7 Å². The van der Waals surface area contributed by atoms with E-state index in [4.69, 9.17) is 0 Å². The number of nitrogens with zero attached hydrogens (tertiary/aromatic N) is 3. The maximum absolute atomic E-state index is 4.37. The smallest absolute Gasteiger partial charge is 0.0555 e. The summed E-state index contributed by atoms with van der Waals surface area (Å²) in [4.78, 5) is 2.53. The summed E-state index contributed by atoms with van der Waals surface area (Å²) in [5.74, 6) is 0.712. The molecular weight excluding hydrogens is 236 g/mol. The van der Waals surface area contributed by atoms with Gasteiger partial charge in [0.15, 0.2) is 0 Å². The molecule has 0 aromatic carbocycles. The van der Waals surface area contributed by atoms with Crippen molar-refractivity contribution < 1.29 is 0 Å². The molecule has 4 nitrogen and oxygen atoms in total. The van der Waals surface area contributed by atoms with E-state index < -0.39 is 0 Å². The second-order valence-electron chi connectivity index (χ2n) is 6.24. The van der Waals surface area contributed by atoms with Crippen LogP contribution in [0, 0.1) is 5.92 Å². The van der Waals surface area contributed by atoms with Crippen LogP contribution in [0.3, 0.4) is 0 Å². The van der Waals surface area contributed by atoms with Crippen molar-refractivity contribution in [2.45, 2.75) is 44.2 Å². The molecule has 0 spiro atoms. The molecule has 1 saturated heterocycles. The summed E-state index contributed by atoms with van der Waals surface area (Å²) < 4.78 is 2.05. The third kappa shape index (κ3) is 3.00. The molecule has 2 fully saturated rings. The van der Waals surface area contributed by atoms with Crippen molar-refractivity contribution in [3.63, 3.8) is 0 Å². The Hall–Kier alpha value is -0.870. The van der Waals surface area contributed by atoms with Crippen LogP contribution in [0.25, 0.3) is 0 Å². The third-order valence-corrected chi connectivity index (χ3v) is 4.67. The van der Waals surface area contributed by atoms with Crippen molar-refractivity contribution in [3.05, 3.63) is 18.0 Å². The summed E-state index contributed by atoms with van der Waals surface area (Å²) in [6.45, 7) is 2.36. The van der Waals surface area contributed by atoms with Gasteiger partial charge in [-0.25, -0.2) is 0 Å². The molecule has 2 heterocycles. The van der Waals surface area contributed by atoms with Crippen molar-refractivity contribution in [1.82, 2.24) is 20.0 Å². The minimum atomic E-state index is 0.515. The lowest BCUT2D eigenvalue weighted by Crippen LogP contribution is -2.36. The van der Waals surface area contributed by atoms with Crippen LogP contribution < -0.4 is 5.32 Å². The zero-order valence-electron chi connectivity index (χ0n) is 12.2. The Morgan fingerprint density at radius 1 is 1.26 bits per heavy atom. The van der Waals surface area contributed by atoms with Gasteiger partial charge in [0.2, 0.25) is 0 Å². The van der Waals surface area contributed by atoms with Crippen LogP contribution in [0.2, 0.25) is 0 Å². The zero-order valence-corrected chi connectivity index (χ0v) is 12.2. The van der Waals surface area contributed by atoms with Crippen LogP contribution in [0.15, 0.2) is 12.3 Å². The van der Waals surface area contributed by atoms with E-state index in [9.17, 15) is 0 Å². The SMILES string of the molecule is CN1CCCCC(CNC2CC2)C1c1ccnn1C. The number of hydrogen-bond donors (Lipinski definition) is 1. The number of aryl methyl sites for hydroxylation is 1. The van der Waals surface area contributed by atoms with Gasteiger partial charge in [0.1, 0.15) is 0 Å². The first-order valence-electron chi connectivity index (χ1n) is 7.67. The van der Waals surface area contributed by atoms with Crippen LogP contribution in [-0.4, -0.2) is 40.9 Å². The summed E-state index contributed by atoms with van der Waals surface area (Å²) >= 11 is 0.